The molecule has 0 N–H and O–H groups in total. The SMILES string of the molecule is COC(C)C[C@H]1C(Br)=CC=CC1C1CCC(F)(F)CC1. The number of alkyl halides is 2. The second-order valence-corrected chi connectivity index (χ2v) is 7.01. The Hall–Kier alpha value is -0.220. The second kappa shape index (κ2) is 6.69. The zero-order valence-corrected chi connectivity index (χ0v) is 13.7. The minimum atomic E-state index is -2.45. The van der Waals surface area contributed by atoms with E-state index in [-0.39, 0.29) is 18.9 Å². The average molecular weight is 349 g/mol. The fourth-order valence-corrected chi connectivity index (χ4v) is 4.02. The molecule has 0 aromatic heterocycles. The van der Waals surface area contributed by atoms with Gasteiger partial charge in [0.25, 0.3) is 0 Å². The highest BCUT2D eigenvalue weighted by Gasteiger charge is 2.40. The Labute approximate surface area is 128 Å². The molecular weight excluding hydrogens is 326 g/mol. The minimum Gasteiger partial charge on any atom is -0.382 e. The van der Waals surface area contributed by atoms with Crippen molar-refractivity contribution in [1.82, 2.24) is 0 Å². The van der Waals surface area contributed by atoms with Crippen LogP contribution in [0.2, 0.25) is 0 Å². The molecule has 2 aliphatic rings. The number of hydrogen-bond acceptors (Lipinski definition) is 1. The van der Waals surface area contributed by atoms with E-state index in [0.29, 0.717) is 30.6 Å². The van der Waals surface area contributed by atoms with Gasteiger partial charge in [-0.2, -0.15) is 0 Å². The lowest BCUT2D eigenvalue weighted by atomic mass is 9.70. The fourth-order valence-electron chi connectivity index (χ4n) is 3.37. The zero-order chi connectivity index (χ0) is 14.8. The average Bonchev–Trinajstić information content (AvgIpc) is 2.41. The molecule has 20 heavy (non-hydrogen) atoms. The third-order valence-corrected chi connectivity index (χ3v) is 5.55. The fraction of sp³-hybridized carbons (Fsp3) is 0.750. The molecule has 2 aliphatic carbocycles. The number of rotatable bonds is 4. The van der Waals surface area contributed by atoms with Crippen molar-refractivity contribution in [1.29, 1.82) is 0 Å². The van der Waals surface area contributed by atoms with Gasteiger partial charge in [0.2, 0.25) is 5.92 Å². The number of halogens is 3. The Morgan fingerprint density at radius 2 is 2.05 bits per heavy atom. The lowest BCUT2D eigenvalue weighted by Gasteiger charge is -2.38. The molecule has 1 fully saturated rings. The molecule has 0 aliphatic heterocycles. The van der Waals surface area contributed by atoms with Crippen LogP contribution in [-0.2, 0) is 4.74 Å². The van der Waals surface area contributed by atoms with Gasteiger partial charge >= 0.3 is 0 Å². The first-order valence-corrected chi connectivity index (χ1v) is 8.17. The molecule has 2 unspecified atom stereocenters. The van der Waals surface area contributed by atoms with E-state index in [0.717, 1.165) is 6.42 Å². The van der Waals surface area contributed by atoms with E-state index < -0.39 is 5.92 Å². The summed E-state index contributed by atoms with van der Waals surface area (Å²) in [5.41, 5.74) is 0. The molecule has 1 nitrogen and oxygen atoms in total. The number of ether oxygens (including phenoxy) is 1. The highest BCUT2D eigenvalue weighted by atomic mass is 79.9. The van der Waals surface area contributed by atoms with Crippen LogP contribution in [-0.4, -0.2) is 19.1 Å². The van der Waals surface area contributed by atoms with E-state index in [4.69, 9.17) is 4.74 Å². The van der Waals surface area contributed by atoms with Crippen LogP contribution in [0.15, 0.2) is 22.7 Å². The van der Waals surface area contributed by atoms with Crippen LogP contribution < -0.4 is 0 Å². The van der Waals surface area contributed by atoms with Crippen LogP contribution >= 0.6 is 15.9 Å². The second-order valence-electron chi connectivity index (χ2n) is 6.10. The highest BCUT2D eigenvalue weighted by molar-refractivity contribution is 9.11. The molecule has 0 saturated heterocycles. The van der Waals surface area contributed by atoms with E-state index in [1.54, 1.807) is 7.11 Å². The Morgan fingerprint density at radius 1 is 1.40 bits per heavy atom. The van der Waals surface area contributed by atoms with Gasteiger partial charge in [-0.05, 0) is 48.4 Å². The summed E-state index contributed by atoms with van der Waals surface area (Å²) in [6.45, 7) is 2.06. The summed E-state index contributed by atoms with van der Waals surface area (Å²) < 4.78 is 33.2. The molecule has 1 saturated carbocycles. The Morgan fingerprint density at radius 3 is 2.65 bits per heavy atom. The smallest absolute Gasteiger partial charge is 0.248 e. The molecule has 0 aromatic carbocycles. The molecule has 4 heteroatoms. The van der Waals surface area contributed by atoms with Crippen LogP contribution in [0, 0.1) is 17.8 Å². The van der Waals surface area contributed by atoms with Gasteiger partial charge in [-0.25, -0.2) is 8.78 Å². The lowest BCUT2D eigenvalue weighted by Crippen LogP contribution is -2.33. The monoisotopic (exact) mass is 348 g/mol. The Balaban J connectivity index is 2.05. The molecule has 0 radical (unpaired) electrons. The summed E-state index contributed by atoms with van der Waals surface area (Å²) in [6, 6.07) is 0. The van der Waals surface area contributed by atoms with Crippen LogP contribution in [0.1, 0.15) is 39.0 Å². The molecular formula is C16H23BrF2O. The third kappa shape index (κ3) is 3.91. The molecule has 0 aromatic rings. The van der Waals surface area contributed by atoms with E-state index in [9.17, 15) is 8.78 Å². The van der Waals surface area contributed by atoms with Gasteiger partial charge in [0.1, 0.15) is 0 Å². The molecule has 0 bridgehead atoms. The maximum atomic E-state index is 13.3. The van der Waals surface area contributed by atoms with Crippen molar-refractivity contribution < 1.29 is 13.5 Å². The van der Waals surface area contributed by atoms with Crippen LogP contribution in [0.25, 0.3) is 0 Å². The quantitative estimate of drug-likeness (QED) is 0.668. The first-order chi connectivity index (χ1) is 9.43. The lowest BCUT2D eigenvalue weighted by molar-refractivity contribution is -0.0528. The predicted octanol–water partition coefficient (Wildman–Crippen LogP) is 5.32. The number of allylic oxidation sites excluding steroid dienone is 4. The maximum Gasteiger partial charge on any atom is 0.248 e. The van der Waals surface area contributed by atoms with Crippen molar-refractivity contribution >= 4 is 15.9 Å². The molecule has 3 atom stereocenters. The standard InChI is InChI=1S/C16H23BrF2O/c1-11(20-2)10-14-13(4-3-5-15(14)17)12-6-8-16(18,19)9-7-12/h3-5,11-14H,6-10H2,1-2H3/t11?,13?,14-/m1/s1. The summed E-state index contributed by atoms with van der Waals surface area (Å²) in [5.74, 6) is -1.38. The van der Waals surface area contributed by atoms with Gasteiger partial charge in [0.05, 0.1) is 6.10 Å². The van der Waals surface area contributed by atoms with Crippen molar-refractivity contribution in [3.05, 3.63) is 22.7 Å². The van der Waals surface area contributed by atoms with Crippen molar-refractivity contribution in [3.8, 4) is 0 Å². The topological polar surface area (TPSA) is 9.23 Å². The molecule has 0 spiro atoms. The van der Waals surface area contributed by atoms with Crippen molar-refractivity contribution in [3.63, 3.8) is 0 Å². The number of methoxy groups -OCH3 is 1. The summed E-state index contributed by atoms with van der Waals surface area (Å²) in [7, 11) is 1.72. The summed E-state index contributed by atoms with van der Waals surface area (Å²) in [5, 5.41) is 0. The highest BCUT2D eigenvalue weighted by Crippen LogP contribution is 2.46. The summed E-state index contributed by atoms with van der Waals surface area (Å²) in [4.78, 5) is 0. The Kier molecular flexibility index (Phi) is 5.41. The van der Waals surface area contributed by atoms with Gasteiger partial charge in [0, 0.05) is 20.0 Å². The number of hydrogen-bond donors (Lipinski definition) is 0. The third-order valence-electron chi connectivity index (χ3n) is 4.70. The zero-order valence-electron chi connectivity index (χ0n) is 12.1. The van der Waals surface area contributed by atoms with Gasteiger partial charge in [0.15, 0.2) is 0 Å². The minimum absolute atomic E-state index is 0.0376. The summed E-state index contributed by atoms with van der Waals surface area (Å²) in [6.07, 6.45) is 8.75. The van der Waals surface area contributed by atoms with E-state index in [2.05, 4.69) is 41.1 Å². The molecule has 2 rings (SSSR count). The van der Waals surface area contributed by atoms with Gasteiger partial charge < -0.3 is 4.74 Å². The molecule has 114 valence electrons. The Bertz CT molecular complexity index is 382. The molecule has 0 heterocycles. The van der Waals surface area contributed by atoms with Crippen LogP contribution in [0.4, 0.5) is 8.78 Å². The largest absolute Gasteiger partial charge is 0.382 e. The van der Waals surface area contributed by atoms with Crippen LogP contribution in [0.5, 0.6) is 0 Å². The molecule has 0 amide bonds. The van der Waals surface area contributed by atoms with E-state index in [1.807, 2.05) is 0 Å². The van der Waals surface area contributed by atoms with E-state index in [1.165, 1.54) is 4.48 Å². The van der Waals surface area contributed by atoms with Crippen molar-refractivity contribution in [2.45, 2.75) is 51.1 Å². The maximum absolute atomic E-state index is 13.3. The first-order valence-electron chi connectivity index (χ1n) is 7.37. The predicted molar refractivity (Wildman–Crippen MR) is 81.1 cm³/mol. The van der Waals surface area contributed by atoms with Gasteiger partial charge in [-0.1, -0.05) is 34.2 Å². The van der Waals surface area contributed by atoms with E-state index >= 15 is 0 Å². The normalized spacial score (nSPS) is 31.9. The van der Waals surface area contributed by atoms with Crippen LogP contribution in [0.3, 0.4) is 0 Å². The van der Waals surface area contributed by atoms with Crippen molar-refractivity contribution in [2.75, 3.05) is 7.11 Å². The summed E-state index contributed by atoms with van der Waals surface area (Å²) >= 11 is 3.65. The first kappa shape index (κ1) is 16.2. The van der Waals surface area contributed by atoms with Gasteiger partial charge in [-0.3, -0.25) is 0 Å². The van der Waals surface area contributed by atoms with Gasteiger partial charge in [-0.15, -0.1) is 0 Å². The van der Waals surface area contributed by atoms with Crippen molar-refractivity contribution in [2.24, 2.45) is 17.8 Å².